The summed E-state index contributed by atoms with van der Waals surface area (Å²) in [4.78, 5) is 14.4. The van der Waals surface area contributed by atoms with Crippen molar-refractivity contribution in [2.24, 2.45) is 22.5 Å². The summed E-state index contributed by atoms with van der Waals surface area (Å²) in [6.07, 6.45) is 3.56. The molecule has 0 spiro atoms. The quantitative estimate of drug-likeness (QED) is 0.800. The largest absolute Gasteiger partial charge is 0.339 e. The number of hydrogen-bond acceptors (Lipinski definition) is 2. The average molecular weight is 238 g/mol. The molecule has 98 valence electrons. The predicted octanol–water partition coefficient (Wildman–Crippen LogP) is 2.01. The topological polar surface area (TPSA) is 46.3 Å². The minimum Gasteiger partial charge on any atom is -0.339 e. The molecule has 1 heterocycles. The molecule has 0 aromatic heterocycles. The Morgan fingerprint density at radius 1 is 1.41 bits per heavy atom. The highest BCUT2D eigenvalue weighted by Gasteiger charge is 2.51. The molecule has 1 saturated carbocycles. The number of nitrogens with zero attached hydrogens (tertiary/aromatic N) is 1. The van der Waals surface area contributed by atoms with Crippen LogP contribution in [0.5, 0.6) is 0 Å². The van der Waals surface area contributed by atoms with Crippen molar-refractivity contribution in [1.82, 2.24) is 4.90 Å². The maximum Gasteiger partial charge on any atom is 0.226 e. The van der Waals surface area contributed by atoms with Crippen molar-refractivity contribution in [3.05, 3.63) is 0 Å². The molecular weight excluding hydrogens is 212 g/mol. The van der Waals surface area contributed by atoms with Crippen molar-refractivity contribution in [1.29, 1.82) is 0 Å². The fourth-order valence-electron chi connectivity index (χ4n) is 4.10. The van der Waals surface area contributed by atoms with Gasteiger partial charge in [-0.25, -0.2) is 0 Å². The van der Waals surface area contributed by atoms with E-state index in [1.165, 1.54) is 12.8 Å². The second kappa shape index (κ2) is 3.98. The molecule has 2 bridgehead atoms. The zero-order valence-corrected chi connectivity index (χ0v) is 11.6. The van der Waals surface area contributed by atoms with Crippen molar-refractivity contribution in [3.63, 3.8) is 0 Å². The molecule has 2 aliphatic rings. The first-order chi connectivity index (χ1) is 7.76. The Balaban J connectivity index is 2.16. The molecule has 2 N–H and O–H groups in total. The van der Waals surface area contributed by atoms with E-state index in [1.807, 2.05) is 6.92 Å². The van der Waals surface area contributed by atoms with E-state index in [2.05, 4.69) is 25.7 Å². The van der Waals surface area contributed by atoms with Gasteiger partial charge >= 0.3 is 0 Å². The maximum absolute atomic E-state index is 12.3. The highest BCUT2D eigenvalue weighted by Crippen LogP contribution is 2.52. The number of hydrogen-bond donors (Lipinski definition) is 1. The maximum atomic E-state index is 12.3. The molecule has 3 heteroatoms. The van der Waals surface area contributed by atoms with E-state index in [0.29, 0.717) is 23.4 Å². The first-order valence-electron chi connectivity index (χ1n) is 6.77. The third-order valence-corrected chi connectivity index (χ3v) is 4.47. The predicted molar refractivity (Wildman–Crippen MR) is 69.5 cm³/mol. The van der Waals surface area contributed by atoms with Gasteiger partial charge in [0, 0.05) is 25.0 Å². The zero-order chi connectivity index (χ0) is 12.8. The minimum absolute atomic E-state index is 0.0268. The molecular formula is C14H26N2O. The molecule has 1 aliphatic heterocycles. The van der Waals surface area contributed by atoms with E-state index >= 15 is 0 Å². The van der Waals surface area contributed by atoms with E-state index in [9.17, 15) is 4.79 Å². The molecule has 3 unspecified atom stereocenters. The lowest BCUT2D eigenvalue weighted by atomic mass is 9.65. The monoisotopic (exact) mass is 238 g/mol. The van der Waals surface area contributed by atoms with E-state index in [0.717, 1.165) is 13.0 Å². The molecule has 2 fully saturated rings. The van der Waals surface area contributed by atoms with Crippen molar-refractivity contribution in [3.8, 4) is 0 Å². The fraction of sp³-hybridized carbons (Fsp3) is 0.929. The second-order valence-corrected chi connectivity index (χ2v) is 7.32. The van der Waals surface area contributed by atoms with Gasteiger partial charge in [0.25, 0.3) is 0 Å². The van der Waals surface area contributed by atoms with Crippen LogP contribution in [0.4, 0.5) is 0 Å². The van der Waals surface area contributed by atoms with Gasteiger partial charge in [-0.2, -0.15) is 0 Å². The van der Waals surface area contributed by atoms with Gasteiger partial charge in [0.1, 0.15) is 0 Å². The first kappa shape index (κ1) is 12.9. The lowest BCUT2D eigenvalue weighted by Gasteiger charge is -2.39. The van der Waals surface area contributed by atoms with Crippen LogP contribution in [0.25, 0.3) is 0 Å². The molecule has 1 amide bonds. The van der Waals surface area contributed by atoms with Crippen molar-refractivity contribution < 1.29 is 4.79 Å². The molecule has 1 aliphatic carbocycles. The van der Waals surface area contributed by atoms with E-state index in [4.69, 9.17) is 5.73 Å². The van der Waals surface area contributed by atoms with Gasteiger partial charge in [0.05, 0.1) is 0 Å². The average Bonchev–Trinajstić information content (AvgIpc) is 2.45. The number of carbonyl (C=O) groups is 1. The molecule has 0 radical (unpaired) electrons. The normalized spacial score (nSPS) is 37.0. The molecule has 0 aromatic rings. The standard InChI is InChI=1S/C14H26N2O/c1-10(7-15)12(17)16-9-14(4)6-11(16)5-13(2,3)8-14/h10-11H,5-9,15H2,1-4H3. The zero-order valence-electron chi connectivity index (χ0n) is 11.6. The van der Waals surface area contributed by atoms with Gasteiger partial charge in [-0.15, -0.1) is 0 Å². The summed E-state index contributed by atoms with van der Waals surface area (Å²) in [7, 11) is 0. The Hall–Kier alpha value is -0.570. The summed E-state index contributed by atoms with van der Waals surface area (Å²) >= 11 is 0. The van der Waals surface area contributed by atoms with Crippen LogP contribution in [0.3, 0.4) is 0 Å². The Bertz CT molecular complexity index is 326. The van der Waals surface area contributed by atoms with Crippen molar-refractivity contribution in [2.45, 2.75) is 53.0 Å². The van der Waals surface area contributed by atoms with Crippen LogP contribution in [0.2, 0.25) is 0 Å². The number of likely N-dealkylation sites (tertiary alicyclic amines) is 1. The lowest BCUT2D eigenvalue weighted by molar-refractivity contribution is -0.135. The van der Waals surface area contributed by atoms with Gasteiger partial charge < -0.3 is 10.6 Å². The van der Waals surface area contributed by atoms with Crippen molar-refractivity contribution >= 4 is 5.91 Å². The number of rotatable bonds is 2. The summed E-state index contributed by atoms with van der Waals surface area (Å²) < 4.78 is 0. The van der Waals surface area contributed by atoms with Crippen LogP contribution >= 0.6 is 0 Å². The number of nitrogens with two attached hydrogens (primary N) is 1. The van der Waals surface area contributed by atoms with Crippen LogP contribution in [0.15, 0.2) is 0 Å². The molecule has 3 atom stereocenters. The van der Waals surface area contributed by atoms with Gasteiger partial charge in [-0.3, -0.25) is 4.79 Å². The van der Waals surface area contributed by atoms with Gasteiger partial charge in [0.15, 0.2) is 0 Å². The summed E-state index contributed by atoms with van der Waals surface area (Å²) in [6.45, 7) is 10.3. The van der Waals surface area contributed by atoms with Crippen molar-refractivity contribution in [2.75, 3.05) is 13.1 Å². The Kier molecular flexibility index (Phi) is 3.01. The summed E-state index contributed by atoms with van der Waals surface area (Å²) in [5.74, 6) is 0.236. The fourth-order valence-corrected chi connectivity index (χ4v) is 4.10. The second-order valence-electron chi connectivity index (χ2n) is 7.32. The number of amides is 1. The molecule has 2 rings (SSSR count). The number of fused-ring (bicyclic) bond motifs is 2. The van der Waals surface area contributed by atoms with E-state index in [-0.39, 0.29) is 11.8 Å². The van der Waals surface area contributed by atoms with E-state index < -0.39 is 0 Å². The summed E-state index contributed by atoms with van der Waals surface area (Å²) in [6, 6.07) is 0.449. The Morgan fingerprint density at radius 2 is 2.06 bits per heavy atom. The Morgan fingerprint density at radius 3 is 2.65 bits per heavy atom. The highest BCUT2D eigenvalue weighted by molar-refractivity contribution is 5.79. The summed E-state index contributed by atoms with van der Waals surface area (Å²) in [5, 5.41) is 0. The van der Waals surface area contributed by atoms with Crippen LogP contribution < -0.4 is 5.73 Å². The van der Waals surface area contributed by atoms with Crippen LogP contribution in [0.1, 0.15) is 47.0 Å². The number of carbonyl (C=O) groups excluding carboxylic acids is 1. The highest BCUT2D eigenvalue weighted by atomic mass is 16.2. The van der Waals surface area contributed by atoms with Gasteiger partial charge in [-0.1, -0.05) is 27.7 Å². The summed E-state index contributed by atoms with van der Waals surface area (Å²) in [5.41, 5.74) is 6.32. The first-order valence-corrected chi connectivity index (χ1v) is 6.77. The van der Waals surface area contributed by atoms with Crippen LogP contribution in [-0.2, 0) is 4.79 Å². The van der Waals surface area contributed by atoms with Gasteiger partial charge in [0.2, 0.25) is 5.91 Å². The minimum atomic E-state index is -0.0268. The third-order valence-electron chi connectivity index (χ3n) is 4.47. The Labute approximate surface area is 105 Å². The van der Waals surface area contributed by atoms with E-state index in [1.54, 1.807) is 0 Å². The lowest BCUT2D eigenvalue weighted by Crippen LogP contribution is -2.42. The van der Waals surface area contributed by atoms with Crippen LogP contribution in [0, 0.1) is 16.7 Å². The smallest absolute Gasteiger partial charge is 0.226 e. The van der Waals surface area contributed by atoms with Gasteiger partial charge in [-0.05, 0) is 30.1 Å². The molecule has 3 nitrogen and oxygen atoms in total. The molecule has 0 aromatic carbocycles. The third kappa shape index (κ3) is 2.35. The molecule has 1 saturated heterocycles. The SMILES string of the molecule is CC(CN)C(=O)N1CC2(C)CC1CC(C)(C)C2. The van der Waals surface area contributed by atoms with Crippen LogP contribution in [-0.4, -0.2) is 29.9 Å². The molecule has 17 heavy (non-hydrogen) atoms.